The molecule has 0 aliphatic heterocycles. The first-order chi connectivity index (χ1) is 12.6. The van der Waals surface area contributed by atoms with Crippen molar-refractivity contribution in [2.24, 2.45) is 0 Å². The van der Waals surface area contributed by atoms with Crippen LogP contribution in [0.25, 0.3) is 0 Å². The zero-order valence-electron chi connectivity index (χ0n) is 13.9. The van der Waals surface area contributed by atoms with Gasteiger partial charge >= 0.3 is 12.1 Å². The molecule has 0 unspecified atom stereocenters. The molecule has 0 spiro atoms. The van der Waals surface area contributed by atoms with Crippen molar-refractivity contribution >= 4 is 11.9 Å². The molecule has 27 heavy (non-hydrogen) atoms. The number of hydrogen-bond donors (Lipinski definition) is 1. The number of alkyl halides is 3. The van der Waals surface area contributed by atoms with Crippen molar-refractivity contribution in [2.75, 3.05) is 7.11 Å². The molecule has 0 radical (unpaired) electrons. The first kappa shape index (κ1) is 20.3. The highest BCUT2D eigenvalue weighted by molar-refractivity contribution is 5.96. The number of halogens is 5. The minimum atomic E-state index is -4.56. The van der Waals surface area contributed by atoms with Crippen molar-refractivity contribution in [3.05, 3.63) is 70.8 Å². The Balaban J connectivity index is 2.22. The highest BCUT2D eigenvalue weighted by Crippen LogP contribution is 2.29. The summed E-state index contributed by atoms with van der Waals surface area (Å²) in [6.45, 7) is 0. The van der Waals surface area contributed by atoms with Crippen LogP contribution in [-0.4, -0.2) is 25.0 Å². The molecule has 0 aliphatic carbocycles. The SMILES string of the molecule is COC(=O)[C@H](Cc1cccc(C(F)(F)F)c1)NC(=O)c1ccc(F)c(F)c1. The predicted octanol–water partition coefficient (Wildman–Crippen LogP) is 3.50. The molecule has 2 aromatic rings. The number of methoxy groups -OCH3 is 1. The zero-order valence-corrected chi connectivity index (χ0v) is 13.9. The van der Waals surface area contributed by atoms with E-state index in [1.54, 1.807) is 0 Å². The van der Waals surface area contributed by atoms with Crippen molar-refractivity contribution in [1.29, 1.82) is 0 Å². The summed E-state index contributed by atoms with van der Waals surface area (Å²) in [6.07, 6.45) is -4.85. The summed E-state index contributed by atoms with van der Waals surface area (Å²) in [4.78, 5) is 24.1. The van der Waals surface area contributed by atoms with Crippen LogP contribution in [0.2, 0.25) is 0 Å². The van der Waals surface area contributed by atoms with Crippen LogP contribution >= 0.6 is 0 Å². The summed E-state index contributed by atoms with van der Waals surface area (Å²) in [7, 11) is 1.05. The van der Waals surface area contributed by atoms with Gasteiger partial charge < -0.3 is 10.1 Å². The summed E-state index contributed by atoms with van der Waals surface area (Å²) in [6, 6.07) is 5.31. The van der Waals surface area contributed by atoms with Crippen molar-refractivity contribution in [1.82, 2.24) is 5.32 Å². The van der Waals surface area contributed by atoms with Gasteiger partial charge in [-0.2, -0.15) is 13.2 Å². The van der Waals surface area contributed by atoms with E-state index in [0.29, 0.717) is 6.07 Å². The Kier molecular flexibility index (Phi) is 6.14. The topological polar surface area (TPSA) is 55.4 Å². The standard InChI is InChI=1S/C18H14F5NO3/c1-27-17(26)15(8-10-3-2-4-12(7-10)18(21,22)23)24-16(25)11-5-6-13(19)14(20)9-11/h2-7,9,15H,8H2,1H3,(H,24,25)/t15-/m0/s1. The van der Waals surface area contributed by atoms with Gasteiger partial charge in [0, 0.05) is 12.0 Å². The number of carbonyl (C=O) groups excluding carboxylic acids is 2. The van der Waals surface area contributed by atoms with Crippen LogP contribution in [0.4, 0.5) is 22.0 Å². The van der Waals surface area contributed by atoms with E-state index in [-0.39, 0.29) is 17.5 Å². The van der Waals surface area contributed by atoms with E-state index >= 15 is 0 Å². The highest BCUT2D eigenvalue weighted by atomic mass is 19.4. The van der Waals surface area contributed by atoms with E-state index < -0.39 is 41.3 Å². The van der Waals surface area contributed by atoms with E-state index in [4.69, 9.17) is 0 Å². The third-order valence-electron chi connectivity index (χ3n) is 3.67. The zero-order chi connectivity index (χ0) is 20.2. The second kappa shape index (κ2) is 8.15. The lowest BCUT2D eigenvalue weighted by Crippen LogP contribution is -2.43. The normalized spacial score (nSPS) is 12.4. The number of carbonyl (C=O) groups is 2. The van der Waals surface area contributed by atoms with Crippen LogP contribution < -0.4 is 5.32 Å². The first-order valence-corrected chi connectivity index (χ1v) is 7.61. The van der Waals surface area contributed by atoms with Crippen LogP contribution in [0, 0.1) is 11.6 Å². The molecule has 2 aromatic carbocycles. The van der Waals surface area contributed by atoms with E-state index in [0.717, 1.165) is 31.4 Å². The van der Waals surface area contributed by atoms with Gasteiger partial charge in [-0.25, -0.2) is 13.6 Å². The van der Waals surface area contributed by atoms with Gasteiger partial charge in [0.1, 0.15) is 6.04 Å². The molecule has 0 saturated heterocycles. The minimum Gasteiger partial charge on any atom is -0.467 e. The van der Waals surface area contributed by atoms with E-state index in [9.17, 15) is 31.5 Å². The van der Waals surface area contributed by atoms with Gasteiger partial charge in [0.25, 0.3) is 5.91 Å². The molecule has 0 bridgehead atoms. The van der Waals surface area contributed by atoms with Gasteiger partial charge in [-0.05, 0) is 29.8 Å². The summed E-state index contributed by atoms with van der Waals surface area (Å²) in [5.41, 5.74) is -1.03. The first-order valence-electron chi connectivity index (χ1n) is 7.61. The minimum absolute atomic E-state index is 0.130. The molecule has 0 heterocycles. The van der Waals surface area contributed by atoms with Crippen molar-refractivity contribution in [3.8, 4) is 0 Å². The Bertz CT molecular complexity index is 851. The Morgan fingerprint density at radius 3 is 2.37 bits per heavy atom. The molecule has 4 nitrogen and oxygen atoms in total. The fraction of sp³-hybridized carbons (Fsp3) is 0.222. The molecule has 144 valence electrons. The number of hydrogen-bond acceptors (Lipinski definition) is 3. The van der Waals surface area contributed by atoms with E-state index in [1.807, 2.05) is 0 Å². The van der Waals surface area contributed by atoms with E-state index in [2.05, 4.69) is 10.1 Å². The second-order valence-electron chi connectivity index (χ2n) is 5.58. The van der Waals surface area contributed by atoms with E-state index in [1.165, 1.54) is 12.1 Å². The van der Waals surface area contributed by atoms with Gasteiger partial charge in [-0.1, -0.05) is 18.2 Å². The van der Waals surface area contributed by atoms with Crippen molar-refractivity contribution in [3.63, 3.8) is 0 Å². The summed E-state index contributed by atoms with van der Waals surface area (Å²) < 4.78 is 69.2. The fourth-order valence-corrected chi connectivity index (χ4v) is 2.32. The Labute approximate surface area is 150 Å². The lowest BCUT2D eigenvalue weighted by Gasteiger charge is -2.17. The molecular weight excluding hydrogens is 373 g/mol. The van der Waals surface area contributed by atoms with Crippen LogP contribution in [0.3, 0.4) is 0 Å². The van der Waals surface area contributed by atoms with Gasteiger partial charge in [-0.15, -0.1) is 0 Å². The third kappa shape index (κ3) is 5.25. The quantitative estimate of drug-likeness (QED) is 0.631. The average molecular weight is 387 g/mol. The molecule has 1 amide bonds. The van der Waals surface area contributed by atoms with Crippen LogP contribution in [-0.2, 0) is 22.1 Å². The maximum atomic E-state index is 13.3. The summed E-state index contributed by atoms with van der Waals surface area (Å²) >= 11 is 0. The number of benzene rings is 2. The smallest absolute Gasteiger partial charge is 0.416 e. The number of esters is 1. The molecule has 0 aromatic heterocycles. The molecule has 0 saturated carbocycles. The van der Waals surface area contributed by atoms with Crippen molar-refractivity contribution < 1.29 is 36.3 Å². The number of ether oxygens (including phenoxy) is 1. The van der Waals surface area contributed by atoms with Gasteiger partial charge in [0.2, 0.25) is 0 Å². The summed E-state index contributed by atoms with van der Waals surface area (Å²) in [5, 5.41) is 2.25. The van der Waals surface area contributed by atoms with Crippen LogP contribution in [0.15, 0.2) is 42.5 Å². The van der Waals surface area contributed by atoms with Gasteiger partial charge in [-0.3, -0.25) is 4.79 Å². The van der Waals surface area contributed by atoms with Crippen molar-refractivity contribution in [2.45, 2.75) is 18.6 Å². The largest absolute Gasteiger partial charge is 0.467 e. The van der Waals surface area contributed by atoms with Crippen LogP contribution in [0.5, 0.6) is 0 Å². The second-order valence-corrected chi connectivity index (χ2v) is 5.58. The van der Waals surface area contributed by atoms with Gasteiger partial charge in [0.15, 0.2) is 11.6 Å². The maximum absolute atomic E-state index is 13.3. The molecule has 9 heteroatoms. The average Bonchev–Trinajstić information content (AvgIpc) is 2.62. The third-order valence-corrected chi connectivity index (χ3v) is 3.67. The summed E-state index contributed by atoms with van der Waals surface area (Å²) in [5.74, 6) is -4.21. The molecule has 0 aliphatic rings. The molecule has 0 fully saturated rings. The lowest BCUT2D eigenvalue weighted by atomic mass is 10.0. The highest BCUT2D eigenvalue weighted by Gasteiger charge is 2.31. The predicted molar refractivity (Wildman–Crippen MR) is 84.8 cm³/mol. The number of nitrogens with one attached hydrogen (secondary N) is 1. The van der Waals surface area contributed by atoms with Crippen LogP contribution in [0.1, 0.15) is 21.5 Å². The van der Waals surface area contributed by atoms with Gasteiger partial charge in [0.05, 0.1) is 12.7 Å². The maximum Gasteiger partial charge on any atom is 0.416 e. The molecule has 1 N–H and O–H groups in total. The monoisotopic (exact) mass is 387 g/mol. The lowest BCUT2D eigenvalue weighted by molar-refractivity contribution is -0.142. The molecule has 1 atom stereocenters. The Morgan fingerprint density at radius 1 is 1.07 bits per heavy atom. The molecule has 2 rings (SSSR count). The number of amides is 1. The Morgan fingerprint density at radius 2 is 1.78 bits per heavy atom. The molecular formula is C18H14F5NO3. The number of rotatable bonds is 5. The Hall–Kier alpha value is -2.97. The fourth-order valence-electron chi connectivity index (χ4n) is 2.32.